The molecule has 1 atom stereocenters. The molecule has 0 fully saturated rings. The van der Waals surface area contributed by atoms with Gasteiger partial charge < -0.3 is 18.6 Å². The summed E-state index contributed by atoms with van der Waals surface area (Å²) in [4.78, 5) is 16.7. The molecular weight excluding hydrogens is 634 g/mol. The number of carbonyl (C=O) groups excluding carboxylic acids is 1. The molecule has 1 amide bonds. The van der Waals surface area contributed by atoms with Crippen molar-refractivity contribution in [3.63, 3.8) is 0 Å². The molecule has 1 unspecified atom stereocenters. The Morgan fingerprint density at radius 3 is 2.34 bits per heavy atom. The fourth-order valence-corrected chi connectivity index (χ4v) is 4.57. The van der Waals surface area contributed by atoms with Gasteiger partial charge in [0.1, 0.15) is 16.9 Å². The molecule has 0 saturated heterocycles. The van der Waals surface area contributed by atoms with E-state index in [0.717, 1.165) is 0 Å². The largest absolute Gasteiger partial charge is 0.444 e. The van der Waals surface area contributed by atoms with Crippen molar-refractivity contribution in [2.75, 3.05) is 5.32 Å². The van der Waals surface area contributed by atoms with Crippen LogP contribution in [0.1, 0.15) is 49.8 Å². The van der Waals surface area contributed by atoms with Gasteiger partial charge in [-0.15, -0.1) is 10.2 Å². The highest BCUT2D eigenvalue weighted by Gasteiger charge is 2.61. The lowest BCUT2D eigenvalue weighted by molar-refractivity contribution is -0.295. The summed E-state index contributed by atoms with van der Waals surface area (Å²) in [6, 6.07) is 14.6. The van der Waals surface area contributed by atoms with Gasteiger partial charge in [-0.1, -0.05) is 60.7 Å². The maximum absolute atomic E-state index is 15.1. The van der Waals surface area contributed by atoms with Crippen molar-refractivity contribution in [2.45, 2.75) is 63.8 Å². The number of anilines is 1. The summed E-state index contributed by atoms with van der Waals surface area (Å²) in [5.41, 5.74) is -6.12. The maximum atomic E-state index is 15.1. The summed E-state index contributed by atoms with van der Waals surface area (Å²) in [6.45, 7) is 4.07. The van der Waals surface area contributed by atoms with Gasteiger partial charge in [0.15, 0.2) is 5.69 Å². The normalized spacial score (nSPS) is 17.6. The minimum Gasteiger partial charge on any atom is -0.444 e. The third-order valence-electron chi connectivity index (χ3n) is 6.78. The molecule has 9 nitrogen and oxygen atoms in total. The van der Waals surface area contributed by atoms with Gasteiger partial charge in [-0.25, -0.2) is 9.78 Å². The van der Waals surface area contributed by atoms with Crippen molar-refractivity contribution in [1.82, 2.24) is 15.2 Å². The number of nitrogens with one attached hydrogen (secondary N) is 1. The van der Waals surface area contributed by atoms with Crippen molar-refractivity contribution in [2.24, 2.45) is 0 Å². The molecule has 47 heavy (non-hydrogen) atoms. The predicted octanol–water partition coefficient (Wildman–Crippen LogP) is 8.77. The van der Waals surface area contributed by atoms with Gasteiger partial charge in [0.25, 0.3) is 11.8 Å². The maximum Gasteiger partial charge on any atom is 0.426 e. The lowest BCUT2D eigenvalue weighted by Crippen LogP contribution is -2.45. The molecule has 2 aromatic carbocycles. The quantitative estimate of drug-likeness (QED) is 0.171. The zero-order chi connectivity index (χ0) is 34.0. The summed E-state index contributed by atoms with van der Waals surface area (Å²) in [5.74, 6) is -2.81. The number of hydrogen-bond acceptors (Lipinski definition) is 8. The van der Waals surface area contributed by atoms with Crippen LogP contribution in [0.5, 0.6) is 11.6 Å². The number of ether oxygens (including phenoxy) is 3. The van der Waals surface area contributed by atoms with Gasteiger partial charge in [0.2, 0.25) is 11.5 Å². The Labute approximate surface area is 264 Å². The number of rotatable bonds is 4. The zero-order valence-corrected chi connectivity index (χ0v) is 25.2. The molecule has 0 aliphatic carbocycles. The van der Waals surface area contributed by atoms with E-state index in [4.69, 9.17) is 18.6 Å². The van der Waals surface area contributed by atoms with E-state index in [9.17, 15) is 18.0 Å². The number of aromatic nitrogens is 3. The molecule has 0 spiro atoms. The Kier molecular flexibility index (Phi) is 9.04. The van der Waals surface area contributed by atoms with Gasteiger partial charge in [-0.05, 0) is 50.5 Å². The average molecular weight is 663 g/mol. The average Bonchev–Trinajstić information content (AvgIpc) is 3.46. The Morgan fingerprint density at radius 1 is 0.957 bits per heavy atom. The fourth-order valence-electron chi connectivity index (χ4n) is 4.57. The van der Waals surface area contributed by atoms with Gasteiger partial charge in [-0.2, -0.15) is 26.3 Å². The second-order valence-corrected chi connectivity index (χ2v) is 11.5. The number of amides is 1. The number of allylic oxidation sites excluding steroid dienone is 1. The minimum atomic E-state index is -5.12. The van der Waals surface area contributed by atoms with Crippen molar-refractivity contribution >= 4 is 11.8 Å². The summed E-state index contributed by atoms with van der Waals surface area (Å²) in [7, 11) is 0. The van der Waals surface area contributed by atoms with Crippen LogP contribution in [0.2, 0.25) is 0 Å². The number of carbonyl (C=O) groups is 1. The van der Waals surface area contributed by atoms with E-state index in [1.807, 2.05) is 0 Å². The van der Waals surface area contributed by atoms with E-state index in [-0.39, 0.29) is 12.2 Å². The van der Waals surface area contributed by atoms with Gasteiger partial charge >= 0.3 is 18.4 Å². The monoisotopic (exact) mass is 662 g/mol. The third-order valence-corrected chi connectivity index (χ3v) is 6.78. The molecule has 0 saturated carbocycles. The lowest BCUT2D eigenvalue weighted by atomic mass is 9.97. The first-order valence-corrected chi connectivity index (χ1v) is 14.2. The lowest BCUT2D eigenvalue weighted by Gasteiger charge is -2.31. The standard InChI is InChI=1S/C32H28F6N4O5/c1-29(2,3)47-28(43)39-22-17-21(31(33,34)35)25-40-24(22)26-41-42-27(46-26)30(32(36,37)38,44-18-19-11-5-4-6-12-19)16-10-9-14-20-13-7-8-15-23(20)45-25/h4-13,15,17H,14,16,18H2,1-3H3,(H,39,43)/b10-9-. The van der Waals surface area contributed by atoms with E-state index in [1.165, 1.54) is 45.1 Å². The predicted molar refractivity (Wildman–Crippen MR) is 155 cm³/mol. The van der Waals surface area contributed by atoms with Gasteiger partial charge in [0.05, 0.1) is 12.3 Å². The molecule has 0 radical (unpaired) electrons. The topological polar surface area (TPSA) is 109 Å². The van der Waals surface area contributed by atoms with Crippen LogP contribution in [-0.4, -0.2) is 33.1 Å². The minimum absolute atomic E-state index is 0.0234. The molecule has 1 N–H and O–H groups in total. The molecule has 3 heterocycles. The first kappa shape index (κ1) is 33.4. The molecule has 4 aromatic rings. The van der Waals surface area contributed by atoms with E-state index in [2.05, 4.69) is 20.5 Å². The van der Waals surface area contributed by atoms with Crippen LogP contribution in [0.15, 0.2) is 77.2 Å². The number of hydrogen-bond donors (Lipinski definition) is 1. The fraction of sp³-hybridized carbons (Fsp3) is 0.312. The number of para-hydroxylation sites is 1. The molecular formula is C32H28F6N4O5. The third kappa shape index (κ3) is 7.56. The summed E-state index contributed by atoms with van der Waals surface area (Å²) in [6.07, 6.45) is -9.57. The number of fused-ring (bicyclic) bond motifs is 6. The van der Waals surface area contributed by atoms with Crippen LogP contribution in [0, 0.1) is 0 Å². The van der Waals surface area contributed by atoms with Crippen LogP contribution >= 0.6 is 0 Å². The van der Waals surface area contributed by atoms with Crippen LogP contribution < -0.4 is 10.1 Å². The van der Waals surface area contributed by atoms with Crippen LogP contribution in [0.4, 0.5) is 36.8 Å². The Bertz CT molecular complexity index is 1770. The number of halogens is 6. The smallest absolute Gasteiger partial charge is 0.426 e. The highest BCUT2D eigenvalue weighted by molar-refractivity contribution is 5.89. The Hall–Kier alpha value is -4.92. The summed E-state index contributed by atoms with van der Waals surface area (Å²) >= 11 is 0. The van der Waals surface area contributed by atoms with Crippen molar-refractivity contribution in [3.05, 3.63) is 95.4 Å². The Morgan fingerprint density at radius 2 is 1.66 bits per heavy atom. The first-order valence-electron chi connectivity index (χ1n) is 14.2. The molecule has 1 aliphatic rings. The van der Waals surface area contributed by atoms with Crippen molar-refractivity contribution in [3.8, 4) is 23.2 Å². The van der Waals surface area contributed by atoms with Crippen molar-refractivity contribution < 1.29 is 49.8 Å². The number of pyridine rings is 1. The van der Waals surface area contributed by atoms with E-state index < -0.39 is 77.3 Å². The highest BCUT2D eigenvalue weighted by Crippen LogP contribution is 2.47. The first-order chi connectivity index (χ1) is 22.1. The second kappa shape index (κ2) is 12.7. The van der Waals surface area contributed by atoms with Crippen LogP contribution in [0.25, 0.3) is 11.6 Å². The molecule has 4 bridgehead atoms. The summed E-state index contributed by atoms with van der Waals surface area (Å²) < 4.78 is 110. The Balaban J connectivity index is 1.73. The molecule has 2 aromatic heterocycles. The highest BCUT2D eigenvalue weighted by atomic mass is 19.4. The molecule has 15 heteroatoms. The van der Waals surface area contributed by atoms with Crippen LogP contribution in [-0.2, 0) is 34.3 Å². The van der Waals surface area contributed by atoms with E-state index >= 15 is 13.2 Å². The molecule has 1 aliphatic heterocycles. The number of alkyl halides is 6. The van der Waals surface area contributed by atoms with Gasteiger partial charge in [-0.3, -0.25) is 5.32 Å². The zero-order valence-electron chi connectivity index (χ0n) is 25.2. The van der Waals surface area contributed by atoms with Crippen LogP contribution in [0.3, 0.4) is 0 Å². The summed E-state index contributed by atoms with van der Waals surface area (Å²) in [5, 5.41) is 9.52. The van der Waals surface area contributed by atoms with Crippen molar-refractivity contribution in [1.29, 1.82) is 0 Å². The SMILES string of the molecule is CC(C)(C)OC(=O)Nc1cc(C(F)(F)F)c2nc1-c1nnc(o1)C(OCc1ccccc1)(C(F)(F)F)C/C=C\Cc1ccccc1O2. The van der Waals surface area contributed by atoms with E-state index in [1.54, 1.807) is 42.5 Å². The number of nitrogens with zero attached hydrogens (tertiary/aromatic N) is 3. The van der Waals surface area contributed by atoms with E-state index in [0.29, 0.717) is 17.2 Å². The van der Waals surface area contributed by atoms with Gasteiger partial charge in [0, 0.05) is 6.42 Å². The number of benzene rings is 2. The molecule has 5 rings (SSSR count). The molecule has 248 valence electrons. The second-order valence-electron chi connectivity index (χ2n) is 11.5.